The van der Waals surface area contributed by atoms with Gasteiger partial charge in [0.05, 0.1) is 17.9 Å². The Balaban J connectivity index is 1.74. The highest BCUT2D eigenvalue weighted by atomic mass is 79.9. The lowest BCUT2D eigenvalue weighted by Gasteiger charge is -2.33. The fraction of sp³-hybridized carbons (Fsp3) is 0.263. The molecule has 0 radical (unpaired) electrons. The van der Waals surface area contributed by atoms with E-state index in [9.17, 15) is 18.7 Å². The van der Waals surface area contributed by atoms with E-state index in [4.69, 9.17) is 5.73 Å². The number of aromatic nitrogens is 2. The molecule has 2 aromatic rings. The third-order valence-electron chi connectivity index (χ3n) is 5.27. The first kappa shape index (κ1) is 20.0. The summed E-state index contributed by atoms with van der Waals surface area (Å²) in [6, 6.07) is 4.11. The monoisotopic (exact) mass is 480 g/mol. The van der Waals surface area contributed by atoms with Gasteiger partial charge in [-0.15, -0.1) is 0 Å². The van der Waals surface area contributed by atoms with Crippen LogP contribution in [0.3, 0.4) is 0 Å². The fourth-order valence-corrected chi connectivity index (χ4v) is 5.25. The quantitative estimate of drug-likeness (QED) is 0.686. The number of hydrogen-bond donors (Lipinski definition) is 2. The number of hydrogen-bond acceptors (Lipinski definition) is 6. The maximum Gasteiger partial charge on any atom is 0.320 e. The molecule has 3 N–H and O–H groups in total. The first-order valence-corrected chi connectivity index (χ1v) is 10.2. The normalized spacial score (nSPS) is 28.5. The van der Waals surface area contributed by atoms with Gasteiger partial charge in [0.15, 0.2) is 11.0 Å². The molecule has 4 rings (SSSR count). The maximum absolute atomic E-state index is 14.7. The highest BCUT2D eigenvalue weighted by Crippen LogP contribution is 2.66. The van der Waals surface area contributed by atoms with Crippen LogP contribution in [0.2, 0.25) is 0 Å². The molecule has 0 bridgehead atoms. The summed E-state index contributed by atoms with van der Waals surface area (Å²) in [5.74, 6) is -2.60. The minimum absolute atomic E-state index is 0.0358. The van der Waals surface area contributed by atoms with Gasteiger partial charge in [-0.2, -0.15) is 0 Å². The van der Waals surface area contributed by atoms with E-state index >= 15 is 0 Å². The number of amidine groups is 1. The number of nitrogens with two attached hydrogens (primary N) is 1. The second-order valence-corrected chi connectivity index (χ2v) is 9.27. The minimum atomic E-state index is -1.16. The minimum Gasteiger partial charge on any atom is -0.480 e. The van der Waals surface area contributed by atoms with Gasteiger partial charge >= 0.3 is 5.97 Å². The van der Waals surface area contributed by atoms with Crippen LogP contribution in [-0.2, 0) is 10.3 Å². The van der Waals surface area contributed by atoms with Gasteiger partial charge in [0.25, 0.3) is 0 Å². The van der Waals surface area contributed by atoms with Crippen LogP contribution >= 0.6 is 27.7 Å². The van der Waals surface area contributed by atoms with Gasteiger partial charge in [0.2, 0.25) is 0 Å². The smallest absolute Gasteiger partial charge is 0.320 e. The van der Waals surface area contributed by atoms with Gasteiger partial charge in [0, 0.05) is 11.5 Å². The summed E-state index contributed by atoms with van der Waals surface area (Å²) in [5.41, 5.74) is 5.33. The van der Waals surface area contributed by atoms with E-state index in [0.717, 1.165) is 11.8 Å². The summed E-state index contributed by atoms with van der Waals surface area (Å²) in [4.78, 5) is 24.0. The maximum atomic E-state index is 14.7. The first-order chi connectivity index (χ1) is 13.7. The predicted molar refractivity (Wildman–Crippen MR) is 110 cm³/mol. The molecule has 10 heteroatoms. The molecular weight excluding hydrogens is 466 g/mol. The summed E-state index contributed by atoms with van der Waals surface area (Å²) in [5, 5.41) is 9.72. The van der Waals surface area contributed by atoms with Crippen LogP contribution in [0.4, 0.5) is 8.78 Å². The van der Waals surface area contributed by atoms with E-state index < -0.39 is 33.8 Å². The number of halogens is 3. The molecule has 3 atom stereocenters. The molecule has 1 fully saturated rings. The van der Waals surface area contributed by atoms with Crippen molar-refractivity contribution in [3.63, 3.8) is 0 Å². The molecule has 2 aliphatic rings. The van der Waals surface area contributed by atoms with Crippen LogP contribution in [0, 0.1) is 11.7 Å². The summed E-state index contributed by atoms with van der Waals surface area (Å²) >= 11 is 4.14. The third kappa shape index (κ3) is 3.33. The van der Waals surface area contributed by atoms with Crippen LogP contribution < -0.4 is 5.73 Å². The molecule has 1 aliphatic heterocycles. The Morgan fingerprint density at radius 2 is 2.17 bits per heavy atom. The molecule has 2 heterocycles. The van der Waals surface area contributed by atoms with Crippen molar-refractivity contribution in [1.29, 1.82) is 0 Å². The average Bonchev–Trinajstić information content (AvgIpc) is 3.40. The van der Waals surface area contributed by atoms with Crippen LogP contribution in [-0.4, -0.2) is 31.0 Å². The average molecular weight is 481 g/mol. The number of carboxylic acids is 1. The van der Waals surface area contributed by atoms with Gasteiger partial charge < -0.3 is 10.8 Å². The van der Waals surface area contributed by atoms with E-state index in [1.807, 2.05) is 0 Å². The third-order valence-corrected chi connectivity index (χ3v) is 6.97. The molecule has 0 saturated heterocycles. The SMILES string of the molecule is CC1(c2cc(/C=C(\F)c3cnc(Br)cn3)ccc2F)N=C(N)SC2(C(=O)O)CC21. The van der Waals surface area contributed by atoms with Crippen molar-refractivity contribution in [3.8, 4) is 0 Å². The number of aliphatic carboxylic acids is 1. The topological polar surface area (TPSA) is 101 Å². The second-order valence-electron chi connectivity index (χ2n) is 7.11. The Morgan fingerprint density at radius 3 is 2.83 bits per heavy atom. The highest BCUT2D eigenvalue weighted by molar-refractivity contribution is 9.10. The summed E-state index contributed by atoms with van der Waals surface area (Å²) in [6.07, 6.45) is 4.19. The molecule has 29 heavy (non-hydrogen) atoms. The second kappa shape index (κ2) is 6.88. The number of carboxylic acid groups (broad SMARTS) is 1. The van der Waals surface area contributed by atoms with E-state index in [2.05, 4.69) is 30.9 Å². The van der Waals surface area contributed by atoms with Crippen molar-refractivity contribution in [2.24, 2.45) is 16.6 Å². The van der Waals surface area contributed by atoms with Crippen LogP contribution in [0.15, 0.2) is 40.2 Å². The predicted octanol–water partition coefficient (Wildman–Crippen LogP) is 3.97. The number of rotatable bonds is 4. The lowest BCUT2D eigenvalue weighted by Crippen LogP contribution is -2.39. The van der Waals surface area contributed by atoms with Crippen molar-refractivity contribution in [2.45, 2.75) is 23.6 Å². The summed E-state index contributed by atoms with van der Waals surface area (Å²) < 4.78 is 28.7. The van der Waals surface area contributed by atoms with Crippen molar-refractivity contribution in [3.05, 3.63) is 57.8 Å². The number of aliphatic imine (C=N–C) groups is 1. The molecule has 1 saturated carbocycles. The molecule has 1 aromatic heterocycles. The standard InChI is InChI=1S/C19H15BrF2N4O2S/c1-18(14-6-19(14,16(27)28)29-17(23)26-18)10-4-9(2-3-11(10)21)5-12(22)13-7-25-15(20)8-24-13/h2-5,7-8,14H,6H2,1H3,(H2,23,26)(H,27,28)/b12-5-. The Labute approximate surface area is 177 Å². The van der Waals surface area contributed by atoms with Crippen molar-refractivity contribution >= 4 is 50.7 Å². The number of benzene rings is 1. The number of thioether (sulfide) groups is 1. The molecule has 6 nitrogen and oxygen atoms in total. The Bertz CT molecular complexity index is 1080. The number of nitrogens with zero attached hydrogens (tertiary/aromatic N) is 3. The van der Waals surface area contributed by atoms with Crippen LogP contribution in [0.1, 0.15) is 30.2 Å². The summed E-state index contributed by atoms with van der Waals surface area (Å²) in [7, 11) is 0. The zero-order chi connectivity index (χ0) is 21.0. The van der Waals surface area contributed by atoms with Gasteiger partial charge in [-0.1, -0.05) is 17.8 Å². The Kier molecular flexibility index (Phi) is 4.73. The number of fused-ring (bicyclic) bond motifs is 1. The van der Waals surface area contributed by atoms with Crippen LogP contribution in [0.25, 0.3) is 11.9 Å². The Hall–Kier alpha value is -2.33. The molecule has 150 valence electrons. The van der Waals surface area contributed by atoms with Crippen LogP contribution in [0.5, 0.6) is 0 Å². The van der Waals surface area contributed by atoms with E-state index in [1.54, 1.807) is 6.92 Å². The first-order valence-electron chi connectivity index (χ1n) is 8.58. The molecule has 1 aromatic carbocycles. The zero-order valence-electron chi connectivity index (χ0n) is 15.1. The van der Waals surface area contributed by atoms with E-state index in [-0.39, 0.29) is 16.4 Å². The van der Waals surface area contributed by atoms with Gasteiger partial charge in [-0.25, -0.2) is 18.7 Å². The molecule has 1 aliphatic carbocycles. The van der Waals surface area contributed by atoms with Gasteiger partial charge in [0.1, 0.15) is 20.9 Å². The lowest BCUT2D eigenvalue weighted by molar-refractivity contribution is -0.137. The largest absolute Gasteiger partial charge is 0.480 e. The fourth-order valence-electron chi connectivity index (χ4n) is 3.73. The van der Waals surface area contributed by atoms with Crippen molar-refractivity contribution in [2.75, 3.05) is 0 Å². The lowest BCUT2D eigenvalue weighted by atomic mass is 9.85. The number of carbonyl (C=O) groups is 1. The van der Waals surface area contributed by atoms with Gasteiger partial charge in [-0.05, 0) is 53.0 Å². The highest BCUT2D eigenvalue weighted by Gasteiger charge is 2.71. The summed E-state index contributed by atoms with van der Waals surface area (Å²) in [6.45, 7) is 1.66. The van der Waals surface area contributed by atoms with E-state index in [1.165, 1.54) is 36.7 Å². The van der Waals surface area contributed by atoms with E-state index in [0.29, 0.717) is 16.6 Å². The molecular formula is C19H15BrF2N4O2S. The molecule has 0 amide bonds. The van der Waals surface area contributed by atoms with Crippen molar-refractivity contribution in [1.82, 2.24) is 9.97 Å². The molecule has 3 unspecified atom stereocenters. The molecule has 0 spiro atoms. The van der Waals surface area contributed by atoms with Gasteiger partial charge in [-0.3, -0.25) is 9.79 Å². The zero-order valence-corrected chi connectivity index (χ0v) is 17.5. The Morgan fingerprint density at radius 1 is 1.41 bits per heavy atom. The van der Waals surface area contributed by atoms with Crippen molar-refractivity contribution < 1.29 is 18.7 Å².